The number of aliphatic hydroxyl groups is 1. The highest BCUT2D eigenvalue weighted by Crippen LogP contribution is 2.24. The first kappa shape index (κ1) is 12.1. The van der Waals surface area contributed by atoms with Gasteiger partial charge >= 0.3 is 0 Å². The predicted molar refractivity (Wildman–Crippen MR) is 63.2 cm³/mol. The van der Waals surface area contributed by atoms with Crippen molar-refractivity contribution in [1.29, 1.82) is 0 Å². The minimum Gasteiger partial charge on any atom is -0.479 e. The van der Waals surface area contributed by atoms with Crippen LogP contribution >= 0.6 is 11.6 Å². The lowest BCUT2D eigenvalue weighted by molar-refractivity contribution is 0.0590. The Hall–Kier alpha value is -1.40. The lowest BCUT2D eigenvalue weighted by Gasteiger charge is -2.17. The second-order valence-electron chi connectivity index (χ2n) is 4.35. The molecular weight excluding hydrogens is 244 g/mol. The molecule has 2 aromatic heterocycles. The van der Waals surface area contributed by atoms with Crippen molar-refractivity contribution in [2.24, 2.45) is 0 Å². The van der Waals surface area contributed by atoms with Crippen molar-refractivity contribution in [3.63, 3.8) is 0 Å². The molecule has 0 aliphatic carbocycles. The highest BCUT2D eigenvalue weighted by molar-refractivity contribution is 6.28. The highest BCUT2D eigenvalue weighted by atomic mass is 35.5. The first-order valence-corrected chi connectivity index (χ1v) is 5.44. The van der Waals surface area contributed by atoms with Gasteiger partial charge in [-0.15, -0.1) is 0 Å². The van der Waals surface area contributed by atoms with Crippen LogP contribution in [0.5, 0.6) is 5.88 Å². The zero-order valence-electron chi connectivity index (χ0n) is 9.81. The average Bonchev–Trinajstić information content (AvgIpc) is 2.57. The Kier molecular flexibility index (Phi) is 2.92. The number of nitrogens with zero attached hydrogens (tertiary/aromatic N) is 4. The average molecular weight is 257 g/mol. The van der Waals surface area contributed by atoms with Crippen LogP contribution in [-0.4, -0.2) is 37.6 Å². The van der Waals surface area contributed by atoms with Gasteiger partial charge in [0.05, 0.1) is 25.5 Å². The van der Waals surface area contributed by atoms with Gasteiger partial charge in [-0.3, -0.25) is 4.68 Å². The van der Waals surface area contributed by atoms with Gasteiger partial charge in [0.2, 0.25) is 11.2 Å². The first-order valence-electron chi connectivity index (χ1n) is 5.06. The molecule has 1 N–H and O–H groups in total. The summed E-state index contributed by atoms with van der Waals surface area (Å²) in [4.78, 5) is 8.02. The van der Waals surface area contributed by atoms with Crippen LogP contribution in [0, 0.1) is 0 Å². The fraction of sp³-hybridized carbons (Fsp3) is 0.500. The molecule has 0 unspecified atom stereocenters. The van der Waals surface area contributed by atoms with Gasteiger partial charge < -0.3 is 9.84 Å². The molecule has 0 bridgehead atoms. The summed E-state index contributed by atoms with van der Waals surface area (Å²) in [5.41, 5.74) is 0.328. The molecule has 0 radical (unpaired) electrons. The molecule has 0 aliphatic rings. The second-order valence-corrected chi connectivity index (χ2v) is 4.69. The maximum atomic E-state index is 9.80. The Labute approximate surface area is 103 Å². The van der Waals surface area contributed by atoms with Gasteiger partial charge in [0.25, 0.3) is 0 Å². The molecule has 17 heavy (non-hydrogen) atoms. The molecule has 6 nitrogen and oxygen atoms in total. The number of methoxy groups -OCH3 is 1. The SMILES string of the molecule is COc1nc(Cl)nc2cnn(CC(C)(C)O)c12. The quantitative estimate of drug-likeness (QED) is 0.837. The van der Waals surface area contributed by atoms with Gasteiger partial charge in [-0.1, -0.05) is 0 Å². The summed E-state index contributed by atoms with van der Waals surface area (Å²) in [6.45, 7) is 3.71. The first-order chi connectivity index (χ1) is 7.90. The van der Waals surface area contributed by atoms with Crippen molar-refractivity contribution >= 4 is 22.6 Å². The molecular formula is C10H13ClN4O2. The number of ether oxygens (including phenoxy) is 1. The largest absolute Gasteiger partial charge is 0.479 e. The minimum atomic E-state index is -0.885. The number of halogens is 1. The van der Waals surface area contributed by atoms with Crippen LogP contribution in [0.2, 0.25) is 5.28 Å². The number of fused-ring (bicyclic) bond motifs is 1. The Balaban J connectivity index is 2.58. The second kappa shape index (κ2) is 4.12. The van der Waals surface area contributed by atoms with Crippen molar-refractivity contribution in [2.75, 3.05) is 7.11 Å². The summed E-state index contributed by atoms with van der Waals surface area (Å²) in [5.74, 6) is 0.349. The van der Waals surface area contributed by atoms with Crippen molar-refractivity contribution in [2.45, 2.75) is 26.0 Å². The van der Waals surface area contributed by atoms with Crippen LogP contribution in [0.25, 0.3) is 11.0 Å². The van der Waals surface area contributed by atoms with Crippen molar-refractivity contribution in [3.8, 4) is 5.88 Å². The lowest BCUT2D eigenvalue weighted by Crippen LogP contribution is -2.26. The molecule has 0 spiro atoms. The standard InChI is InChI=1S/C10H13ClN4O2/c1-10(2,16)5-15-7-6(4-12-15)13-9(11)14-8(7)17-3/h4,16H,5H2,1-3H3. The molecule has 0 amide bonds. The van der Waals surface area contributed by atoms with Crippen LogP contribution in [-0.2, 0) is 6.54 Å². The summed E-state index contributed by atoms with van der Waals surface area (Å²) >= 11 is 5.76. The Morgan fingerprint density at radius 2 is 2.18 bits per heavy atom. The number of hydrogen-bond acceptors (Lipinski definition) is 5. The van der Waals surface area contributed by atoms with Crippen LogP contribution in [0.4, 0.5) is 0 Å². The van der Waals surface area contributed by atoms with Gasteiger partial charge in [-0.05, 0) is 25.4 Å². The Bertz CT molecular complexity index is 547. The van der Waals surface area contributed by atoms with Crippen molar-refractivity contribution in [1.82, 2.24) is 19.7 Å². The monoisotopic (exact) mass is 256 g/mol. The van der Waals surface area contributed by atoms with Gasteiger partial charge in [0.15, 0.2) is 0 Å². The normalized spacial score (nSPS) is 12.1. The van der Waals surface area contributed by atoms with Crippen LogP contribution in [0.3, 0.4) is 0 Å². The maximum Gasteiger partial charge on any atom is 0.244 e. The zero-order valence-corrected chi connectivity index (χ0v) is 10.6. The number of rotatable bonds is 3. The van der Waals surface area contributed by atoms with E-state index in [-0.39, 0.29) is 5.28 Å². The van der Waals surface area contributed by atoms with E-state index >= 15 is 0 Å². The van der Waals surface area contributed by atoms with Gasteiger partial charge in [-0.2, -0.15) is 10.1 Å². The smallest absolute Gasteiger partial charge is 0.244 e. The molecule has 2 rings (SSSR count). The molecule has 0 atom stereocenters. The third kappa shape index (κ3) is 2.48. The minimum absolute atomic E-state index is 0.108. The molecule has 0 fully saturated rings. The van der Waals surface area contributed by atoms with E-state index in [1.54, 1.807) is 24.7 Å². The van der Waals surface area contributed by atoms with Gasteiger partial charge in [0.1, 0.15) is 11.0 Å². The Morgan fingerprint density at radius 1 is 1.47 bits per heavy atom. The summed E-state index contributed by atoms with van der Waals surface area (Å²) in [5, 5.41) is 14.1. The molecule has 0 saturated heterocycles. The van der Waals surface area contributed by atoms with E-state index < -0.39 is 5.60 Å². The number of hydrogen-bond donors (Lipinski definition) is 1. The van der Waals surface area contributed by atoms with E-state index in [9.17, 15) is 5.11 Å². The van der Waals surface area contributed by atoms with Crippen LogP contribution < -0.4 is 4.74 Å². The summed E-state index contributed by atoms with van der Waals surface area (Å²) in [6.07, 6.45) is 1.57. The third-order valence-electron chi connectivity index (χ3n) is 2.16. The molecule has 2 aromatic rings. The molecule has 0 saturated carbocycles. The van der Waals surface area contributed by atoms with E-state index in [4.69, 9.17) is 16.3 Å². The maximum absolute atomic E-state index is 9.80. The fourth-order valence-corrected chi connectivity index (χ4v) is 1.73. The van der Waals surface area contributed by atoms with Crippen molar-refractivity contribution < 1.29 is 9.84 Å². The van der Waals surface area contributed by atoms with Crippen LogP contribution in [0.15, 0.2) is 6.20 Å². The summed E-state index contributed by atoms with van der Waals surface area (Å²) < 4.78 is 6.75. The van der Waals surface area contributed by atoms with E-state index in [2.05, 4.69) is 15.1 Å². The Morgan fingerprint density at radius 3 is 2.76 bits per heavy atom. The highest BCUT2D eigenvalue weighted by Gasteiger charge is 2.19. The molecule has 7 heteroatoms. The zero-order chi connectivity index (χ0) is 12.6. The fourth-order valence-electron chi connectivity index (χ4n) is 1.57. The predicted octanol–water partition coefficient (Wildman–Crippen LogP) is 1.26. The van der Waals surface area contributed by atoms with E-state index in [1.165, 1.54) is 7.11 Å². The van der Waals surface area contributed by atoms with Gasteiger partial charge in [0, 0.05) is 0 Å². The summed E-state index contributed by atoms with van der Waals surface area (Å²) in [7, 11) is 1.50. The molecule has 2 heterocycles. The molecule has 0 aliphatic heterocycles. The van der Waals surface area contributed by atoms with E-state index in [0.29, 0.717) is 23.5 Å². The number of aromatic nitrogens is 4. The van der Waals surface area contributed by atoms with Crippen molar-refractivity contribution in [3.05, 3.63) is 11.5 Å². The topological polar surface area (TPSA) is 73.1 Å². The lowest BCUT2D eigenvalue weighted by atomic mass is 10.1. The van der Waals surface area contributed by atoms with E-state index in [0.717, 1.165) is 0 Å². The van der Waals surface area contributed by atoms with Crippen LogP contribution in [0.1, 0.15) is 13.8 Å². The molecule has 0 aromatic carbocycles. The van der Waals surface area contributed by atoms with E-state index in [1.807, 2.05) is 0 Å². The molecule has 92 valence electrons. The summed E-state index contributed by atoms with van der Waals surface area (Å²) in [6, 6.07) is 0. The van der Waals surface area contributed by atoms with Gasteiger partial charge in [-0.25, -0.2) is 4.98 Å². The third-order valence-corrected chi connectivity index (χ3v) is 2.33.